The van der Waals surface area contributed by atoms with Crippen LogP contribution in [-0.4, -0.2) is 56.2 Å². The molecule has 1 aliphatic heterocycles. The molecule has 1 N–H and O–H groups in total. The normalized spacial score (nSPS) is 20.6. The third-order valence-corrected chi connectivity index (χ3v) is 6.77. The van der Waals surface area contributed by atoms with Crippen molar-refractivity contribution < 1.29 is 9.32 Å². The van der Waals surface area contributed by atoms with Gasteiger partial charge in [0.05, 0.1) is 29.2 Å². The number of carbonyl (C=O) groups excluding carboxylic acids is 1. The van der Waals surface area contributed by atoms with Crippen molar-refractivity contribution in [3.63, 3.8) is 0 Å². The molecular weight excluding hydrogens is 404 g/mol. The van der Waals surface area contributed by atoms with Gasteiger partial charge < -0.3 is 9.84 Å². The van der Waals surface area contributed by atoms with Crippen molar-refractivity contribution in [2.45, 2.75) is 70.8 Å². The van der Waals surface area contributed by atoms with E-state index in [1.165, 1.54) is 19.3 Å². The summed E-state index contributed by atoms with van der Waals surface area (Å²) in [4.78, 5) is 19.6. The Morgan fingerprint density at radius 3 is 2.75 bits per heavy atom. The van der Waals surface area contributed by atoms with Gasteiger partial charge in [-0.3, -0.25) is 9.69 Å². The molecule has 5 rings (SSSR count). The smallest absolute Gasteiger partial charge is 0.234 e. The number of rotatable bonds is 5. The molecule has 0 radical (unpaired) electrons. The molecule has 1 aliphatic carbocycles. The van der Waals surface area contributed by atoms with Gasteiger partial charge >= 0.3 is 0 Å². The minimum Gasteiger partial charge on any atom is -0.356 e. The standard InChI is InChI=1S/C24H32N6O2/c1-16-12-22-25-13-20(21-11-17(2)28-32-21)24(30(22)27-16)18-7-6-10-29(14-18)15-23(31)26-19-8-4-3-5-9-19/h11-13,18-19H,3-10,14-15H2,1-2H3,(H,26,31). The van der Waals surface area contributed by atoms with Crippen LogP contribution >= 0.6 is 0 Å². The number of aryl methyl sites for hydroxylation is 2. The summed E-state index contributed by atoms with van der Waals surface area (Å²) in [7, 11) is 0. The molecule has 1 saturated heterocycles. The highest BCUT2D eigenvalue weighted by Crippen LogP contribution is 2.35. The van der Waals surface area contributed by atoms with Crippen molar-refractivity contribution in [1.82, 2.24) is 30.0 Å². The van der Waals surface area contributed by atoms with E-state index < -0.39 is 0 Å². The number of fused-ring (bicyclic) bond motifs is 1. The van der Waals surface area contributed by atoms with Crippen LogP contribution in [0, 0.1) is 13.8 Å². The molecule has 1 unspecified atom stereocenters. The number of carbonyl (C=O) groups is 1. The van der Waals surface area contributed by atoms with E-state index in [0.29, 0.717) is 18.3 Å². The van der Waals surface area contributed by atoms with Gasteiger partial charge in [0.25, 0.3) is 0 Å². The maximum atomic E-state index is 12.7. The predicted molar refractivity (Wildman–Crippen MR) is 121 cm³/mol. The Balaban J connectivity index is 1.38. The average Bonchev–Trinajstić information content (AvgIpc) is 3.38. The zero-order chi connectivity index (χ0) is 22.1. The monoisotopic (exact) mass is 436 g/mol. The zero-order valence-electron chi connectivity index (χ0n) is 19.0. The van der Waals surface area contributed by atoms with Gasteiger partial charge in [0.1, 0.15) is 0 Å². The molecule has 8 nitrogen and oxygen atoms in total. The van der Waals surface area contributed by atoms with Crippen LogP contribution in [0.3, 0.4) is 0 Å². The summed E-state index contributed by atoms with van der Waals surface area (Å²) in [5.74, 6) is 1.10. The Morgan fingerprint density at radius 2 is 1.97 bits per heavy atom. The van der Waals surface area contributed by atoms with Crippen molar-refractivity contribution in [1.29, 1.82) is 0 Å². The second-order valence-electron chi connectivity index (χ2n) is 9.42. The lowest BCUT2D eigenvalue weighted by molar-refractivity contribution is -0.123. The first-order valence-corrected chi connectivity index (χ1v) is 11.9. The highest BCUT2D eigenvalue weighted by atomic mass is 16.5. The lowest BCUT2D eigenvalue weighted by Crippen LogP contribution is -2.45. The highest BCUT2D eigenvalue weighted by molar-refractivity contribution is 5.78. The molecule has 170 valence electrons. The summed E-state index contributed by atoms with van der Waals surface area (Å²) >= 11 is 0. The largest absolute Gasteiger partial charge is 0.356 e. The van der Waals surface area contributed by atoms with Crippen LogP contribution in [0.15, 0.2) is 22.9 Å². The SMILES string of the molecule is Cc1cc(-c2cnc3cc(C)nn3c2C2CCCN(CC(=O)NC3CCCCC3)C2)on1. The van der Waals surface area contributed by atoms with Crippen LogP contribution in [0.1, 0.15) is 67.9 Å². The number of nitrogens with one attached hydrogen (secondary N) is 1. The van der Waals surface area contributed by atoms with Crippen LogP contribution in [-0.2, 0) is 4.79 Å². The number of likely N-dealkylation sites (tertiary alicyclic amines) is 1. The van der Waals surface area contributed by atoms with Gasteiger partial charge in [0.2, 0.25) is 5.91 Å². The lowest BCUT2D eigenvalue weighted by Gasteiger charge is -2.33. The number of piperidine rings is 1. The molecule has 1 amide bonds. The highest BCUT2D eigenvalue weighted by Gasteiger charge is 2.29. The van der Waals surface area contributed by atoms with Crippen molar-refractivity contribution in [3.8, 4) is 11.3 Å². The summed E-state index contributed by atoms with van der Waals surface area (Å²) in [6, 6.07) is 4.29. The average molecular weight is 437 g/mol. The molecule has 1 saturated carbocycles. The van der Waals surface area contributed by atoms with Crippen LogP contribution in [0.4, 0.5) is 0 Å². The van der Waals surface area contributed by atoms with Gasteiger partial charge in [-0.2, -0.15) is 5.10 Å². The van der Waals surface area contributed by atoms with E-state index in [4.69, 9.17) is 9.62 Å². The Labute approximate surface area is 188 Å². The summed E-state index contributed by atoms with van der Waals surface area (Å²) in [6.45, 7) is 6.12. The van der Waals surface area contributed by atoms with Crippen molar-refractivity contribution >= 4 is 11.6 Å². The minimum atomic E-state index is 0.151. The van der Waals surface area contributed by atoms with Gasteiger partial charge in [-0.1, -0.05) is 24.4 Å². The first-order valence-electron chi connectivity index (χ1n) is 11.9. The number of nitrogens with zero attached hydrogens (tertiary/aromatic N) is 5. The molecule has 2 fully saturated rings. The van der Waals surface area contributed by atoms with Gasteiger partial charge in [0.15, 0.2) is 11.4 Å². The van der Waals surface area contributed by atoms with Crippen LogP contribution in [0.2, 0.25) is 0 Å². The predicted octanol–water partition coefficient (Wildman–Crippen LogP) is 3.63. The number of aromatic nitrogens is 4. The van der Waals surface area contributed by atoms with Gasteiger partial charge in [-0.25, -0.2) is 9.50 Å². The quantitative estimate of drug-likeness (QED) is 0.657. The molecule has 1 atom stereocenters. The van der Waals surface area contributed by atoms with E-state index in [9.17, 15) is 4.79 Å². The lowest BCUT2D eigenvalue weighted by atomic mass is 9.91. The molecule has 3 aromatic rings. The Morgan fingerprint density at radius 1 is 1.12 bits per heavy atom. The fourth-order valence-corrected chi connectivity index (χ4v) is 5.28. The molecule has 0 spiro atoms. The van der Waals surface area contributed by atoms with Crippen LogP contribution in [0.25, 0.3) is 17.0 Å². The number of amides is 1. The first-order chi connectivity index (χ1) is 15.6. The van der Waals surface area contributed by atoms with E-state index in [2.05, 4.69) is 20.4 Å². The summed E-state index contributed by atoms with van der Waals surface area (Å²) < 4.78 is 7.56. The maximum absolute atomic E-state index is 12.7. The number of hydrogen-bond acceptors (Lipinski definition) is 6. The Bertz CT molecular complexity index is 1100. The fourth-order valence-electron chi connectivity index (χ4n) is 5.28. The molecule has 8 heteroatoms. The van der Waals surface area contributed by atoms with Crippen molar-refractivity contribution in [2.75, 3.05) is 19.6 Å². The molecule has 32 heavy (non-hydrogen) atoms. The molecule has 0 aromatic carbocycles. The molecule has 0 bridgehead atoms. The van der Waals surface area contributed by atoms with Gasteiger partial charge in [0, 0.05) is 36.8 Å². The Kier molecular flexibility index (Phi) is 5.95. The summed E-state index contributed by atoms with van der Waals surface area (Å²) in [6.07, 6.45) is 9.92. The van der Waals surface area contributed by atoms with E-state index in [1.807, 2.05) is 36.7 Å². The molecule has 3 aromatic heterocycles. The van der Waals surface area contributed by atoms with Crippen molar-refractivity contribution in [2.24, 2.45) is 0 Å². The number of hydrogen-bond donors (Lipinski definition) is 1. The summed E-state index contributed by atoms with van der Waals surface area (Å²) in [5, 5.41) is 12.1. The second kappa shape index (κ2) is 9.02. The summed E-state index contributed by atoms with van der Waals surface area (Å²) in [5.41, 5.74) is 4.64. The molecular formula is C24H32N6O2. The third kappa shape index (κ3) is 4.41. The van der Waals surface area contributed by atoms with Gasteiger partial charge in [-0.15, -0.1) is 0 Å². The topological polar surface area (TPSA) is 88.6 Å². The zero-order valence-corrected chi connectivity index (χ0v) is 19.0. The van der Waals surface area contributed by atoms with E-state index >= 15 is 0 Å². The van der Waals surface area contributed by atoms with E-state index in [-0.39, 0.29) is 11.8 Å². The maximum Gasteiger partial charge on any atom is 0.234 e. The first kappa shape index (κ1) is 21.1. The fraction of sp³-hybridized carbons (Fsp3) is 0.583. The third-order valence-electron chi connectivity index (χ3n) is 6.77. The van der Waals surface area contributed by atoms with Crippen LogP contribution in [0.5, 0.6) is 0 Å². The van der Waals surface area contributed by atoms with E-state index in [1.54, 1.807) is 0 Å². The minimum absolute atomic E-state index is 0.151. The van der Waals surface area contributed by atoms with Crippen molar-refractivity contribution in [3.05, 3.63) is 35.4 Å². The Hall–Kier alpha value is -2.74. The second-order valence-corrected chi connectivity index (χ2v) is 9.42. The molecule has 4 heterocycles. The van der Waals surface area contributed by atoms with Gasteiger partial charge in [-0.05, 0) is 46.1 Å². The van der Waals surface area contributed by atoms with E-state index in [0.717, 1.165) is 67.1 Å². The van der Waals surface area contributed by atoms with Crippen LogP contribution < -0.4 is 5.32 Å². The molecule has 2 aliphatic rings.